The molecule has 1 N–H and O–H groups in total. The van der Waals surface area contributed by atoms with E-state index in [1.807, 2.05) is 0 Å². The van der Waals surface area contributed by atoms with Crippen LogP contribution in [0.5, 0.6) is 5.75 Å². The van der Waals surface area contributed by atoms with Crippen LogP contribution in [0.3, 0.4) is 0 Å². The molecule has 0 saturated carbocycles. The first-order valence-electron chi connectivity index (χ1n) is 10.8. The Morgan fingerprint density at radius 3 is 2.31 bits per heavy atom. The van der Waals surface area contributed by atoms with Gasteiger partial charge in [0, 0.05) is 12.1 Å². The van der Waals surface area contributed by atoms with Crippen molar-refractivity contribution in [3.63, 3.8) is 0 Å². The van der Waals surface area contributed by atoms with E-state index in [9.17, 15) is 21.2 Å². The maximum atomic E-state index is 13.8. The summed E-state index contributed by atoms with van der Waals surface area (Å²) in [6, 6.07) is 17.7. The summed E-state index contributed by atoms with van der Waals surface area (Å²) in [4.78, 5) is -0.203. The Morgan fingerprint density at radius 2 is 1.71 bits per heavy atom. The molecule has 0 unspecified atom stereocenters. The molecule has 0 spiro atoms. The molecule has 0 radical (unpaired) electrons. The van der Waals surface area contributed by atoms with Crippen LogP contribution >= 0.6 is 0 Å². The highest BCUT2D eigenvalue weighted by atomic mass is 32.2. The molecule has 1 heterocycles. The van der Waals surface area contributed by atoms with E-state index < -0.39 is 31.9 Å². The lowest BCUT2D eigenvalue weighted by molar-refractivity contribution is 0.370. The first kappa shape index (κ1) is 24.7. The fourth-order valence-electron chi connectivity index (χ4n) is 3.68. The zero-order chi connectivity index (χ0) is 25.2. The van der Waals surface area contributed by atoms with E-state index in [4.69, 9.17) is 4.74 Å². The lowest BCUT2D eigenvalue weighted by Crippen LogP contribution is -2.27. The summed E-state index contributed by atoms with van der Waals surface area (Å²) < 4.78 is 73.1. The van der Waals surface area contributed by atoms with Crippen molar-refractivity contribution >= 4 is 31.4 Å². The van der Waals surface area contributed by atoms with E-state index in [0.29, 0.717) is 28.3 Å². The van der Waals surface area contributed by atoms with Crippen LogP contribution < -0.4 is 9.46 Å². The van der Waals surface area contributed by atoms with Gasteiger partial charge in [0.25, 0.3) is 10.0 Å². The third kappa shape index (κ3) is 5.30. The molecule has 0 saturated heterocycles. The predicted molar refractivity (Wildman–Crippen MR) is 132 cm³/mol. The molecule has 0 bridgehead atoms. The molecular weight excluding hydrogens is 493 g/mol. The number of nitrogens with zero attached hydrogens (tertiary/aromatic N) is 2. The van der Waals surface area contributed by atoms with Crippen LogP contribution in [0.25, 0.3) is 0 Å². The number of methoxy groups -OCH3 is 1. The Balaban J connectivity index is 1.72. The minimum Gasteiger partial charge on any atom is -0.497 e. The summed E-state index contributed by atoms with van der Waals surface area (Å²) in [6.45, 7) is 1.54. The maximum absolute atomic E-state index is 13.8. The van der Waals surface area contributed by atoms with Crippen molar-refractivity contribution in [2.75, 3.05) is 17.6 Å². The molecule has 184 valence electrons. The van der Waals surface area contributed by atoms with Gasteiger partial charge in [0.2, 0.25) is 10.0 Å². The molecule has 35 heavy (non-hydrogen) atoms. The number of ether oxygens (including phenoxy) is 1. The van der Waals surface area contributed by atoms with E-state index in [1.54, 1.807) is 48.5 Å². The minimum atomic E-state index is -4.17. The van der Waals surface area contributed by atoms with Crippen LogP contribution in [0.4, 0.5) is 10.1 Å². The first-order chi connectivity index (χ1) is 16.6. The highest BCUT2D eigenvalue weighted by Crippen LogP contribution is 2.38. The minimum absolute atomic E-state index is 0.0576. The lowest BCUT2D eigenvalue weighted by Gasteiger charge is -2.23. The molecule has 0 aromatic heterocycles. The van der Waals surface area contributed by atoms with Gasteiger partial charge in [-0.25, -0.2) is 12.8 Å². The largest absolute Gasteiger partial charge is 0.497 e. The van der Waals surface area contributed by atoms with Gasteiger partial charge in [-0.1, -0.05) is 30.3 Å². The molecule has 3 aromatic carbocycles. The van der Waals surface area contributed by atoms with Crippen LogP contribution in [0.15, 0.2) is 82.8 Å². The second-order valence-electron chi connectivity index (χ2n) is 7.86. The van der Waals surface area contributed by atoms with Gasteiger partial charge in [0.1, 0.15) is 11.6 Å². The molecule has 1 aliphatic rings. The van der Waals surface area contributed by atoms with Crippen molar-refractivity contribution in [1.29, 1.82) is 0 Å². The van der Waals surface area contributed by atoms with Gasteiger partial charge in [-0.3, -0.25) is 4.72 Å². The summed E-state index contributed by atoms with van der Waals surface area (Å²) in [5.74, 6) is -0.101. The molecule has 11 heteroatoms. The molecule has 1 aliphatic heterocycles. The van der Waals surface area contributed by atoms with Crippen LogP contribution in [0.1, 0.15) is 30.5 Å². The second-order valence-corrected chi connectivity index (χ2v) is 11.7. The molecule has 0 amide bonds. The summed E-state index contributed by atoms with van der Waals surface area (Å²) in [7, 11) is -6.06. The average molecular weight is 518 g/mol. The first-order valence-corrected chi connectivity index (χ1v) is 13.8. The molecule has 0 fully saturated rings. The van der Waals surface area contributed by atoms with Crippen molar-refractivity contribution in [3.05, 3.63) is 89.7 Å². The third-order valence-corrected chi connectivity index (χ3v) is 8.57. The molecule has 3 aromatic rings. The topological polar surface area (TPSA) is 105 Å². The number of hydrogen-bond donors (Lipinski definition) is 1. The van der Waals surface area contributed by atoms with E-state index in [1.165, 1.54) is 32.2 Å². The number of halogens is 1. The highest BCUT2D eigenvalue weighted by Gasteiger charge is 2.38. The normalized spacial score (nSPS) is 16.1. The van der Waals surface area contributed by atoms with E-state index in [0.717, 1.165) is 10.5 Å². The highest BCUT2D eigenvalue weighted by molar-refractivity contribution is 7.92. The SMILES string of the molecule is CCS(=O)(=O)Nc1ccc(C2=NN(S(=O)(=O)c3cccc(F)c3)[C@H](c3ccc(OC)cc3)C2)cc1. The van der Waals surface area contributed by atoms with Crippen molar-refractivity contribution in [3.8, 4) is 5.75 Å². The monoisotopic (exact) mass is 517 g/mol. The fourth-order valence-corrected chi connectivity index (χ4v) is 5.78. The standard InChI is InChI=1S/C24H24FN3O5S2/c1-3-34(29,30)27-20-11-7-17(8-12-20)23-16-24(18-9-13-21(33-2)14-10-18)28(26-23)35(31,32)22-6-4-5-19(25)15-22/h4-15,24,27H,3,16H2,1-2H3/t24-/m0/s1. The summed E-state index contributed by atoms with van der Waals surface area (Å²) in [6.07, 6.45) is 0.265. The number of hydrogen-bond acceptors (Lipinski definition) is 6. The van der Waals surface area contributed by atoms with Crippen LogP contribution in [-0.4, -0.2) is 39.8 Å². The molecule has 1 atom stereocenters. The Bertz CT molecular complexity index is 1460. The number of rotatable bonds is 8. The van der Waals surface area contributed by atoms with Gasteiger partial charge in [-0.05, 0) is 60.5 Å². The summed E-state index contributed by atoms with van der Waals surface area (Å²) in [5.41, 5.74) is 2.22. The fraction of sp³-hybridized carbons (Fsp3) is 0.208. The van der Waals surface area contributed by atoms with E-state index >= 15 is 0 Å². The molecule has 0 aliphatic carbocycles. The number of sulfonamides is 2. The van der Waals surface area contributed by atoms with Gasteiger partial charge in [-0.15, -0.1) is 0 Å². The van der Waals surface area contributed by atoms with Crippen LogP contribution in [0.2, 0.25) is 0 Å². The average Bonchev–Trinajstić information content (AvgIpc) is 3.31. The van der Waals surface area contributed by atoms with Gasteiger partial charge < -0.3 is 4.74 Å². The lowest BCUT2D eigenvalue weighted by atomic mass is 9.99. The van der Waals surface area contributed by atoms with E-state index in [-0.39, 0.29) is 17.1 Å². The maximum Gasteiger partial charge on any atom is 0.279 e. The Morgan fingerprint density at radius 1 is 1.03 bits per heavy atom. The van der Waals surface area contributed by atoms with Crippen LogP contribution in [0, 0.1) is 5.82 Å². The van der Waals surface area contributed by atoms with Gasteiger partial charge in [-0.2, -0.15) is 17.9 Å². The summed E-state index contributed by atoms with van der Waals surface area (Å²) >= 11 is 0. The number of benzene rings is 3. The van der Waals surface area contributed by atoms with Gasteiger partial charge >= 0.3 is 0 Å². The number of hydrazone groups is 1. The Hall–Kier alpha value is -3.44. The Kier molecular flexibility index (Phi) is 6.82. The van der Waals surface area contributed by atoms with Gasteiger partial charge in [0.15, 0.2) is 0 Å². The molecule has 4 rings (SSSR count). The zero-order valence-corrected chi connectivity index (χ0v) is 20.7. The van der Waals surface area contributed by atoms with Crippen molar-refractivity contribution in [2.24, 2.45) is 5.10 Å². The van der Waals surface area contributed by atoms with Crippen LogP contribution in [-0.2, 0) is 20.0 Å². The quantitative estimate of drug-likeness (QED) is 0.484. The number of anilines is 1. The zero-order valence-electron chi connectivity index (χ0n) is 19.0. The second kappa shape index (κ2) is 9.67. The predicted octanol–water partition coefficient (Wildman–Crippen LogP) is 4.14. The van der Waals surface area contributed by atoms with Crippen molar-refractivity contribution in [1.82, 2.24) is 4.41 Å². The van der Waals surface area contributed by atoms with E-state index in [2.05, 4.69) is 9.82 Å². The van der Waals surface area contributed by atoms with Gasteiger partial charge in [0.05, 0.1) is 29.5 Å². The Labute approximate surface area is 204 Å². The molecular formula is C24H24FN3O5S2. The number of nitrogens with one attached hydrogen (secondary N) is 1. The van der Waals surface area contributed by atoms with Crippen molar-refractivity contribution in [2.45, 2.75) is 24.3 Å². The smallest absolute Gasteiger partial charge is 0.279 e. The third-order valence-electron chi connectivity index (χ3n) is 5.58. The molecule has 8 nitrogen and oxygen atoms in total. The van der Waals surface area contributed by atoms with Crippen molar-refractivity contribution < 1.29 is 26.0 Å². The summed E-state index contributed by atoms with van der Waals surface area (Å²) in [5, 5.41) is 4.43.